The minimum absolute atomic E-state index is 0.0405. The van der Waals surface area contributed by atoms with Crippen molar-refractivity contribution in [3.63, 3.8) is 0 Å². The van der Waals surface area contributed by atoms with E-state index in [-0.39, 0.29) is 41.9 Å². The fourth-order valence-electron chi connectivity index (χ4n) is 3.44. The zero-order chi connectivity index (χ0) is 26.8. The van der Waals surface area contributed by atoms with Crippen LogP contribution in [0.25, 0.3) is 11.0 Å². The lowest BCUT2D eigenvalue weighted by Crippen LogP contribution is -2.41. The van der Waals surface area contributed by atoms with Crippen molar-refractivity contribution < 1.29 is 49.8 Å². The molecule has 3 aromatic rings. The molecule has 1 fully saturated rings. The quantitative estimate of drug-likeness (QED) is 0.339. The van der Waals surface area contributed by atoms with E-state index in [9.17, 15) is 31.1 Å². The number of amides is 1. The highest BCUT2D eigenvalue weighted by Gasteiger charge is 2.35. The van der Waals surface area contributed by atoms with Gasteiger partial charge in [-0.1, -0.05) is 5.10 Å². The minimum Gasteiger partial charge on any atom is -0.447 e. The number of hydrogen-bond acceptors (Lipinski definition) is 9. The largest absolute Gasteiger partial charge is 0.447 e. The standard InChI is InChI=1S/C21H19F6N5O5/c1-20(23,24)36-5-4-34-19-32-31-18(37-19)16-3-2-10(9-35-16)29-17(33)15-8-28-13-7-12(22)11(21(25,26)27)6-14(13)30-15/h6-8,10,16H,2-5,9H2,1H3,(H,29,33)/t10-,16+/m1/s1. The third kappa shape index (κ3) is 6.82. The number of nitrogens with one attached hydrogen (secondary N) is 1. The molecule has 200 valence electrons. The van der Waals surface area contributed by atoms with E-state index in [2.05, 4.69) is 30.2 Å². The van der Waals surface area contributed by atoms with Gasteiger partial charge in [0.2, 0.25) is 5.89 Å². The second-order valence-corrected chi connectivity index (χ2v) is 8.05. The van der Waals surface area contributed by atoms with Crippen LogP contribution < -0.4 is 10.1 Å². The molecule has 4 rings (SSSR count). The van der Waals surface area contributed by atoms with Crippen LogP contribution >= 0.6 is 0 Å². The Hall–Kier alpha value is -3.53. The van der Waals surface area contributed by atoms with Crippen molar-refractivity contribution in [2.24, 2.45) is 0 Å². The van der Waals surface area contributed by atoms with Crippen LogP contribution in [0.1, 0.15) is 47.8 Å². The van der Waals surface area contributed by atoms with Crippen LogP contribution in [-0.4, -0.2) is 58.0 Å². The number of benzene rings is 1. The summed E-state index contributed by atoms with van der Waals surface area (Å²) < 4.78 is 98.1. The summed E-state index contributed by atoms with van der Waals surface area (Å²) in [6, 6.07) is 0.636. The second kappa shape index (κ2) is 10.5. The van der Waals surface area contributed by atoms with E-state index in [1.54, 1.807) is 0 Å². The first-order valence-electron chi connectivity index (χ1n) is 10.8. The Bertz CT molecular complexity index is 1260. The number of rotatable bonds is 8. The lowest BCUT2D eigenvalue weighted by Gasteiger charge is -2.27. The van der Waals surface area contributed by atoms with Gasteiger partial charge in [-0.05, 0) is 18.9 Å². The van der Waals surface area contributed by atoms with E-state index >= 15 is 0 Å². The zero-order valence-electron chi connectivity index (χ0n) is 19.0. The molecule has 0 unspecified atom stereocenters. The maximum atomic E-state index is 13.7. The third-order valence-electron chi connectivity index (χ3n) is 5.14. The first-order valence-corrected chi connectivity index (χ1v) is 10.8. The molecule has 37 heavy (non-hydrogen) atoms. The predicted molar refractivity (Wildman–Crippen MR) is 110 cm³/mol. The predicted octanol–water partition coefficient (Wildman–Crippen LogP) is 3.83. The second-order valence-electron chi connectivity index (χ2n) is 8.05. The number of aromatic nitrogens is 4. The summed E-state index contributed by atoms with van der Waals surface area (Å²) in [5, 5.41) is 10.1. The van der Waals surface area contributed by atoms with Crippen molar-refractivity contribution in [2.45, 2.75) is 44.2 Å². The van der Waals surface area contributed by atoms with E-state index in [1.165, 1.54) is 0 Å². The highest BCUT2D eigenvalue weighted by Crippen LogP contribution is 2.33. The van der Waals surface area contributed by atoms with Crippen LogP contribution in [0.3, 0.4) is 0 Å². The van der Waals surface area contributed by atoms with Gasteiger partial charge in [0.05, 0.1) is 42.0 Å². The molecule has 2 atom stereocenters. The number of ether oxygens (including phenoxy) is 3. The van der Waals surface area contributed by atoms with Gasteiger partial charge in [-0.2, -0.15) is 22.0 Å². The maximum absolute atomic E-state index is 13.7. The van der Waals surface area contributed by atoms with Crippen LogP contribution in [0.5, 0.6) is 6.08 Å². The fourth-order valence-corrected chi connectivity index (χ4v) is 3.44. The first-order chi connectivity index (χ1) is 17.4. The summed E-state index contributed by atoms with van der Waals surface area (Å²) in [6.45, 7) is -0.00337. The summed E-state index contributed by atoms with van der Waals surface area (Å²) in [7, 11) is 0. The number of hydrogen-bond donors (Lipinski definition) is 1. The Morgan fingerprint density at radius 3 is 2.59 bits per heavy atom. The van der Waals surface area contributed by atoms with Crippen LogP contribution in [0.15, 0.2) is 22.7 Å². The normalized spacial score (nSPS) is 18.7. The third-order valence-corrected chi connectivity index (χ3v) is 5.14. The van der Waals surface area contributed by atoms with Crippen molar-refractivity contribution in [2.75, 3.05) is 19.8 Å². The molecule has 1 aliphatic heterocycles. The lowest BCUT2D eigenvalue weighted by molar-refractivity contribution is -0.226. The van der Waals surface area contributed by atoms with Crippen molar-refractivity contribution in [3.8, 4) is 6.08 Å². The maximum Gasteiger partial charge on any atom is 0.419 e. The molecule has 0 aliphatic carbocycles. The summed E-state index contributed by atoms with van der Waals surface area (Å²) >= 11 is 0. The molecule has 1 aromatic carbocycles. The molecule has 1 saturated heterocycles. The molecule has 1 N–H and O–H groups in total. The molecule has 0 radical (unpaired) electrons. The molecule has 1 amide bonds. The number of carbonyl (C=O) groups excluding carboxylic acids is 1. The van der Waals surface area contributed by atoms with Gasteiger partial charge >= 0.3 is 18.4 Å². The van der Waals surface area contributed by atoms with Gasteiger partial charge in [-0.25, -0.2) is 9.37 Å². The van der Waals surface area contributed by atoms with Crippen molar-refractivity contribution in [3.05, 3.63) is 41.3 Å². The number of alkyl halides is 5. The summed E-state index contributed by atoms with van der Waals surface area (Å²) in [6.07, 6.45) is -7.27. The summed E-state index contributed by atoms with van der Waals surface area (Å²) in [4.78, 5) is 20.3. The highest BCUT2D eigenvalue weighted by atomic mass is 19.4. The molecule has 1 aliphatic rings. The van der Waals surface area contributed by atoms with E-state index < -0.39 is 48.3 Å². The van der Waals surface area contributed by atoms with E-state index in [0.717, 1.165) is 6.20 Å². The molecule has 3 heterocycles. The van der Waals surface area contributed by atoms with Crippen molar-refractivity contribution in [1.29, 1.82) is 0 Å². The Balaban J connectivity index is 1.30. The Kier molecular flexibility index (Phi) is 7.49. The monoisotopic (exact) mass is 535 g/mol. The van der Waals surface area contributed by atoms with Gasteiger partial charge in [0.15, 0.2) is 0 Å². The molecule has 0 saturated carbocycles. The van der Waals surface area contributed by atoms with Gasteiger partial charge in [0.1, 0.15) is 24.2 Å². The lowest BCUT2D eigenvalue weighted by atomic mass is 10.0. The van der Waals surface area contributed by atoms with Gasteiger partial charge in [0.25, 0.3) is 5.91 Å². The number of fused-ring (bicyclic) bond motifs is 1. The first kappa shape index (κ1) is 26.5. The summed E-state index contributed by atoms with van der Waals surface area (Å²) in [5.74, 6) is -2.10. The van der Waals surface area contributed by atoms with Crippen LogP contribution in [0.4, 0.5) is 26.3 Å². The molecule has 10 nitrogen and oxygen atoms in total. The topological polar surface area (TPSA) is 121 Å². The van der Waals surface area contributed by atoms with E-state index in [1.807, 2.05) is 0 Å². The average molecular weight is 535 g/mol. The Labute approximate surface area is 204 Å². The molecule has 0 spiro atoms. The molecular formula is C21H19F6N5O5. The average Bonchev–Trinajstić information content (AvgIpc) is 3.29. The molecular weight excluding hydrogens is 516 g/mol. The number of carbonyl (C=O) groups is 1. The van der Waals surface area contributed by atoms with E-state index in [0.29, 0.717) is 31.9 Å². The SMILES string of the molecule is CC(F)(F)OCCOc1nnc([C@@H]2CC[C@@H](NC(=O)c3cnc4cc(F)c(C(F)(F)F)cc4n3)CO2)o1. The summed E-state index contributed by atoms with van der Waals surface area (Å²) in [5.41, 5.74) is -2.18. The Morgan fingerprint density at radius 1 is 1.14 bits per heavy atom. The number of nitrogens with zero attached hydrogens (tertiary/aromatic N) is 4. The van der Waals surface area contributed by atoms with Crippen LogP contribution in [0, 0.1) is 5.82 Å². The molecule has 2 aromatic heterocycles. The van der Waals surface area contributed by atoms with Crippen LogP contribution in [0.2, 0.25) is 0 Å². The van der Waals surface area contributed by atoms with Crippen LogP contribution in [-0.2, 0) is 15.7 Å². The van der Waals surface area contributed by atoms with Crippen molar-refractivity contribution >= 4 is 16.9 Å². The number of halogens is 6. The minimum atomic E-state index is -4.93. The van der Waals surface area contributed by atoms with Gasteiger partial charge < -0.3 is 23.9 Å². The fraction of sp³-hybridized carbons (Fsp3) is 0.476. The zero-order valence-corrected chi connectivity index (χ0v) is 19.0. The van der Waals surface area contributed by atoms with Crippen molar-refractivity contribution in [1.82, 2.24) is 25.5 Å². The van der Waals surface area contributed by atoms with Gasteiger partial charge in [-0.3, -0.25) is 9.78 Å². The van der Waals surface area contributed by atoms with Gasteiger partial charge in [-0.15, -0.1) is 5.10 Å². The smallest absolute Gasteiger partial charge is 0.419 e. The highest BCUT2D eigenvalue weighted by molar-refractivity contribution is 5.94. The molecule has 0 bridgehead atoms. The van der Waals surface area contributed by atoms with E-state index in [4.69, 9.17) is 13.9 Å². The Morgan fingerprint density at radius 2 is 1.92 bits per heavy atom. The molecule has 16 heteroatoms. The van der Waals surface area contributed by atoms with Gasteiger partial charge in [0, 0.05) is 13.0 Å².